The molecule has 0 radical (unpaired) electrons. The summed E-state index contributed by atoms with van der Waals surface area (Å²) in [7, 11) is 0. The van der Waals surface area contributed by atoms with Crippen LogP contribution in [0.15, 0.2) is 52.5 Å². The molecule has 0 saturated carbocycles. The molecule has 2 unspecified atom stereocenters. The van der Waals surface area contributed by atoms with Gasteiger partial charge in [0.25, 0.3) is 0 Å². The van der Waals surface area contributed by atoms with Crippen molar-refractivity contribution in [2.24, 2.45) is 4.99 Å². The van der Waals surface area contributed by atoms with Crippen LogP contribution in [0.2, 0.25) is 0 Å². The highest BCUT2D eigenvalue weighted by Gasteiger charge is 2.19. The molecule has 2 N–H and O–H groups in total. The molecule has 2 amide bonds. The van der Waals surface area contributed by atoms with Gasteiger partial charge >= 0.3 is 6.03 Å². The number of thiazole rings is 1. The Kier molecular flexibility index (Phi) is 5.05. The zero-order valence-corrected chi connectivity index (χ0v) is 14.5. The number of aliphatic imine (C=N–C) groups is 1. The molecule has 2 heterocycles. The maximum Gasteiger partial charge on any atom is 0.321 e. The Bertz CT molecular complexity index is 766. The van der Waals surface area contributed by atoms with Gasteiger partial charge in [-0.2, -0.15) is 0 Å². The second-order valence-electron chi connectivity index (χ2n) is 5.80. The molecule has 24 heavy (non-hydrogen) atoms. The van der Waals surface area contributed by atoms with Crippen LogP contribution in [0.5, 0.6) is 0 Å². The summed E-state index contributed by atoms with van der Waals surface area (Å²) >= 11 is 1.44. The molecule has 0 saturated heterocycles. The lowest BCUT2D eigenvalue weighted by atomic mass is 9.94. The molecule has 2 atom stereocenters. The van der Waals surface area contributed by atoms with Crippen LogP contribution in [0, 0.1) is 0 Å². The predicted octanol–water partition coefficient (Wildman–Crippen LogP) is 4.49. The van der Waals surface area contributed by atoms with E-state index in [4.69, 9.17) is 0 Å². The average molecular weight is 340 g/mol. The van der Waals surface area contributed by atoms with Gasteiger partial charge in [0.1, 0.15) is 0 Å². The molecule has 3 rings (SSSR count). The molecule has 1 aliphatic heterocycles. The zero-order valence-electron chi connectivity index (χ0n) is 13.7. The highest BCUT2D eigenvalue weighted by atomic mass is 32.1. The summed E-state index contributed by atoms with van der Waals surface area (Å²) in [6, 6.07) is 9.55. The van der Waals surface area contributed by atoms with Gasteiger partial charge < -0.3 is 5.32 Å². The van der Waals surface area contributed by atoms with Crippen molar-refractivity contribution in [1.82, 2.24) is 10.3 Å². The predicted molar refractivity (Wildman–Crippen MR) is 98.7 cm³/mol. The molecule has 2 aromatic rings. The Morgan fingerprint density at radius 2 is 2.12 bits per heavy atom. The normalized spacial score (nSPS) is 17.9. The smallest absolute Gasteiger partial charge is 0.321 e. The SMILES string of the molecule is CC1=CN=CCC1c1csc(NC(=O)NC(C)c2ccccc2)n1. The van der Waals surface area contributed by atoms with Crippen molar-refractivity contribution in [3.8, 4) is 0 Å². The van der Waals surface area contributed by atoms with E-state index in [0.29, 0.717) is 5.13 Å². The van der Waals surface area contributed by atoms with E-state index < -0.39 is 0 Å². The van der Waals surface area contributed by atoms with Crippen LogP contribution in [-0.4, -0.2) is 17.2 Å². The molecule has 5 nitrogen and oxygen atoms in total. The fourth-order valence-electron chi connectivity index (χ4n) is 2.62. The highest BCUT2D eigenvalue weighted by Crippen LogP contribution is 2.31. The number of urea groups is 1. The summed E-state index contributed by atoms with van der Waals surface area (Å²) in [5.41, 5.74) is 3.23. The van der Waals surface area contributed by atoms with Gasteiger partial charge in [0.2, 0.25) is 0 Å². The number of nitrogens with one attached hydrogen (secondary N) is 2. The number of hydrogen-bond donors (Lipinski definition) is 2. The van der Waals surface area contributed by atoms with Crippen LogP contribution in [0.4, 0.5) is 9.93 Å². The summed E-state index contributed by atoms with van der Waals surface area (Å²) in [5.74, 6) is 0.251. The van der Waals surface area contributed by atoms with Gasteiger partial charge in [-0.15, -0.1) is 11.3 Å². The number of hydrogen-bond acceptors (Lipinski definition) is 4. The third-order valence-corrected chi connectivity index (χ3v) is 4.80. The Morgan fingerprint density at radius 3 is 2.88 bits per heavy atom. The van der Waals surface area contributed by atoms with Crippen LogP contribution in [-0.2, 0) is 0 Å². The summed E-state index contributed by atoms with van der Waals surface area (Å²) in [6.45, 7) is 4.01. The van der Waals surface area contributed by atoms with Crippen LogP contribution < -0.4 is 10.6 Å². The number of carbonyl (C=O) groups is 1. The number of carbonyl (C=O) groups excluding carboxylic acids is 1. The lowest BCUT2D eigenvalue weighted by Gasteiger charge is -2.15. The van der Waals surface area contributed by atoms with Gasteiger partial charge in [-0.1, -0.05) is 30.3 Å². The first-order valence-corrected chi connectivity index (χ1v) is 8.77. The van der Waals surface area contributed by atoms with Crippen molar-refractivity contribution < 1.29 is 4.79 Å². The number of aromatic nitrogens is 1. The lowest BCUT2D eigenvalue weighted by molar-refractivity contribution is 0.249. The first-order chi connectivity index (χ1) is 11.6. The minimum absolute atomic E-state index is 0.0645. The average Bonchev–Trinajstić information content (AvgIpc) is 3.04. The van der Waals surface area contributed by atoms with Crippen LogP contribution in [0.3, 0.4) is 0 Å². The molecular weight excluding hydrogens is 320 g/mol. The van der Waals surface area contributed by atoms with Gasteiger partial charge in [-0.25, -0.2) is 9.78 Å². The van der Waals surface area contributed by atoms with Crippen molar-refractivity contribution in [2.75, 3.05) is 5.32 Å². The Labute approximate surface area is 145 Å². The molecule has 1 aromatic heterocycles. The van der Waals surface area contributed by atoms with E-state index in [1.165, 1.54) is 16.9 Å². The van der Waals surface area contributed by atoms with Crippen LogP contribution >= 0.6 is 11.3 Å². The largest absolute Gasteiger partial charge is 0.331 e. The van der Waals surface area contributed by atoms with Crippen LogP contribution in [0.25, 0.3) is 0 Å². The monoisotopic (exact) mass is 340 g/mol. The van der Waals surface area contributed by atoms with Crippen molar-refractivity contribution in [2.45, 2.75) is 32.2 Å². The van der Waals surface area contributed by atoms with Gasteiger partial charge in [-0.05, 0) is 31.4 Å². The third-order valence-electron chi connectivity index (χ3n) is 4.02. The fraction of sp³-hybridized carbons (Fsp3) is 0.278. The number of allylic oxidation sites excluding steroid dienone is 1. The Hall–Kier alpha value is -2.47. The highest BCUT2D eigenvalue weighted by molar-refractivity contribution is 7.13. The standard InChI is InChI=1S/C18H20N4OS/c1-12-10-19-9-8-15(12)16-11-24-18(21-16)22-17(23)20-13(2)14-6-4-3-5-7-14/h3-7,9-11,13,15H,8H2,1-2H3,(H2,20,21,22,23). The number of anilines is 1. The number of rotatable bonds is 4. The summed E-state index contributed by atoms with van der Waals surface area (Å²) < 4.78 is 0. The molecule has 124 valence electrons. The van der Waals surface area contributed by atoms with Crippen molar-refractivity contribution in [1.29, 1.82) is 0 Å². The fourth-order valence-corrected chi connectivity index (χ4v) is 3.38. The maximum absolute atomic E-state index is 12.2. The molecule has 0 spiro atoms. The van der Waals surface area contributed by atoms with Gasteiger partial charge in [0, 0.05) is 23.7 Å². The molecule has 1 aromatic carbocycles. The molecule has 1 aliphatic rings. The Morgan fingerprint density at radius 1 is 1.33 bits per heavy atom. The van der Waals surface area contributed by atoms with Gasteiger partial charge in [0.15, 0.2) is 5.13 Å². The quantitative estimate of drug-likeness (QED) is 0.861. The Balaban J connectivity index is 1.59. The maximum atomic E-state index is 12.2. The molecule has 0 fully saturated rings. The second kappa shape index (κ2) is 7.40. The van der Waals surface area contributed by atoms with E-state index in [9.17, 15) is 4.79 Å². The number of benzene rings is 1. The van der Waals surface area contributed by atoms with E-state index in [2.05, 4.69) is 27.5 Å². The van der Waals surface area contributed by atoms with E-state index in [0.717, 1.165) is 17.7 Å². The van der Waals surface area contributed by atoms with E-state index in [-0.39, 0.29) is 18.0 Å². The van der Waals surface area contributed by atoms with Gasteiger partial charge in [-0.3, -0.25) is 10.3 Å². The van der Waals surface area contributed by atoms with E-state index in [1.807, 2.05) is 55.1 Å². The van der Waals surface area contributed by atoms with Crippen LogP contribution in [0.1, 0.15) is 43.5 Å². The second-order valence-corrected chi connectivity index (χ2v) is 6.66. The van der Waals surface area contributed by atoms with E-state index >= 15 is 0 Å². The molecule has 0 bridgehead atoms. The van der Waals surface area contributed by atoms with E-state index in [1.54, 1.807) is 0 Å². The molecule has 0 aliphatic carbocycles. The summed E-state index contributed by atoms with van der Waals surface area (Å²) in [4.78, 5) is 20.9. The topological polar surface area (TPSA) is 66.4 Å². The minimum Gasteiger partial charge on any atom is -0.331 e. The molecule has 6 heteroatoms. The lowest BCUT2D eigenvalue weighted by Crippen LogP contribution is -2.31. The van der Waals surface area contributed by atoms with Gasteiger partial charge in [0.05, 0.1) is 11.7 Å². The zero-order chi connectivity index (χ0) is 16.9. The number of amides is 2. The minimum atomic E-state index is -0.246. The third kappa shape index (κ3) is 3.89. The first kappa shape index (κ1) is 16.4. The van der Waals surface area contributed by atoms with Crippen molar-refractivity contribution in [3.05, 3.63) is 58.7 Å². The van der Waals surface area contributed by atoms with Crippen molar-refractivity contribution >= 4 is 28.7 Å². The summed E-state index contributed by atoms with van der Waals surface area (Å²) in [5, 5.41) is 8.35. The first-order valence-electron chi connectivity index (χ1n) is 7.89. The molecular formula is C18H20N4OS. The van der Waals surface area contributed by atoms with Crippen molar-refractivity contribution in [3.63, 3.8) is 0 Å². The number of nitrogens with zero attached hydrogens (tertiary/aromatic N) is 2. The summed E-state index contributed by atoms with van der Waals surface area (Å²) in [6.07, 6.45) is 4.62.